The molecule has 2 aromatic carbocycles. The molecule has 1 amide bonds. The quantitative estimate of drug-likeness (QED) is 0.537. The van der Waals surface area contributed by atoms with Gasteiger partial charge in [0, 0.05) is 32.0 Å². The van der Waals surface area contributed by atoms with Gasteiger partial charge >= 0.3 is 0 Å². The average molecular weight is 470 g/mol. The number of halogens is 2. The van der Waals surface area contributed by atoms with Crippen molar-refractivity contribution in [1.82, 2.24) is 0 Å². The van der Waals surface area contributed by atoms with Crippen LogP contribution in [-0.4, -0.2) is 32.2 Å². The van der Waals surface area contributed by atoms with Gasteiger partial charge in [0.2, 0.25) is 0 Å². The zero-order chi connectivity index (χ0) is 23.4. The molecule has 3 aromatic rings. The van der Waals surface area contributed by atoms with Crippen LogP contribution in [0.25, 0.3) is 0 Å². The van der Waals surface area contributed by atoms with Crippen LogP contribution in [0.15, 0.2) is 47.8 Å². The SMILES string of the molecule is COc1ccsc1C(=O)Nc1cc(C#N)ccc1N1CCC(Oc2ccc(F)cc2F)CC1. The fraction of sp³-hybridized carbons (Fsp3) is 0.250. The first kappa shape index (κ1) is 22.6. The molecular formula is C24H21F2N3O3S. The number of carbonyl (C=O) groups excluding carboxylic acids is 1. The van der Waals surface area contributed by atoms with Gasteiger partial charge in [-0.05, 0) is 41.8 Å². The monoisotopic (exact) mass is 469 g/mol. The number of nitrogens with zero attached hydrogens (tertiary/aromatic N) is 2. The third kappa shape index (κ3) is 5.07. The first-order valence-electron chi connectivity index (χ1n) is 10.3. The van der Waals surface area contributed by atoms with E-state index >= 15 is 0 Å². The molecule has 0 saturated carbocycles. The Morgan fingerprint density at radius 2 is 1.94 bits per heavy atom. The minimum atomic E-state index is -0.724. The minimum Gasteiger partial charge on any atom is -0.495 e. The van der Waals surface area contributed by atoms with Crippen molar-refractivity contribution in [2.75, 3.05) is 30.4 Å². The van der Waals surface area contributed by atoms with Crippen LogP contribution < -0.4 is 19.7 Å². The van der Waals surface area contributed by atoms with Crippen molar-refractivity contribution in [2.45, 2.75) is 18.9 Å². The Hall–Kier alpha value is -3.64. The summed E-state index contributed by atoms with van der Waals surface area (Å²) in [5, 5.41) is 14.0. The lowest BCUT2D eigenvalue weighted by atomic mass is 10.1. The fourth-order valence-electron chi connectivity index (χ4n) is 3.75. The summed E-state index contributed by atoms with van der Waals surface area (Å²) < 4.78 is 38.0. The van der Waals surface area contributed by atoms with E-state index in [1.165, 1.54) is 30.6 Å². The molecule has 0 radical (unpaired) electrons. The number of methoxy groups -OCH3 is 1. The van der Waals surface area contributed by atoms with Gasteiger partial charge in [0.15, 0.2) is 11.6 Å². The van der Waals surface area contributed by atoms with Crippen LogP contribution in [0.2, 0.25) is 0 Å². The largest absolute Gasteiger partial charge is 0.495 e. The van der Waals surface area contributed by atoms with Gasteiger partial charge in [-0.3, -0.25) is 4.79 Å². The molecule has 4 rings (SSSR count). The van der Waals surface area contributed by atoms with Crippen molar-refractivity contribution in [3.63, 3.8) is 0 Å². The van der Waals surface area contributed by atoms with Gasteiger partial charge in [0.1, 0.15) is 22.5 Å². The van der Waals surface area contributed by atoms with Gasteiger partial charge in [-0.15, -0.1) is 11.3 Å². The van der Waals surface area contributed by atoms with Crippen molar-refractivity contribution < 1.29 is 23.0 Å². The number of ether oxygens (including phenoxy) is 2. The van der Waals surface area contributed by atoms with E-state index in [2.05, 4.69) is 16.3 Å². The summed E-state index contributed by atoms with van der Waals surface area (Å²) in [6.07, 6.45) is 1.01. The van der Waals surface area contributed by atoms with E-state index < -0.39 is 11.6 Å². The second-order valence-electron chi connectivity index (χ2n) is 7.49. The van der Waals surface area contributed by atoms with Crippen LogP contribution in [0, 0.1) is 23.0 Å². The zero-order valence-electron chi connectivity index (χ0n) is 17.8. The van der Waals surface area contributed by atoms with Gasteiger partial charge in [-0.2, -0.15) is 5.26 Å². The second kappa shape index (κ2) is 9.88. The Bertz CT molecular complexity index is 1200. The Labute approximate surface area is 194 Å². The van der Waals surface area contributed by atoms with E-state index in [4.69, 9.17) is 9.47 Å². The number of anilines is 2. The van der Waals surface area contributed by atoms with Gasteiger partial charge in [0.25, 0.3) is 5.91 Å². The lowest BCUT2D eigenvalue weighted by Crippen LogP contribution is -2.38. The standard InChI is InChI=1S/C24H21F2N3O3S/c1-31-22-8-11-33-23(22)24(30)28-19-12-15(14-27)2-4-20(19)29-9-6-17(7-10-29)32-21-5-3-16(25)13-18(21)26/h2-5,8,11-13,17H,6-7,9-10H2,1H3,(H,28,30). The van der Waals surface area contributed by atoms with Crippen molar-refractivity contribution in [1.29, 1.82) is 5.26 Å². The molecule has 1 saturated heterocycles. The normalized spacial score (nSPS) is 13.9. The molecule has 1 aliphatic rings. The second-order valence-corrected chi connectivity index (χ2v) is 8.41. The van der Waals surface area contributed by atoms with E-state index in [-0.39, 0.29) is 17.8 Å². The molecule has 33 heavy (non-hydrogen) atoms. The topological polar surface area (TPSA) is 74.6 Å². The fourth-order valence-corrected chi connectivity index (χ4v) is 4.50. The summed E-state index contributed by atoms with van der Waals surface area (Å²) in [6, 6.07) is 12.2. The lowest BCUT2D eigenvalue weighted by Gasteiger charge is -2.34. The molecule has 6 nitrogen and oxygen atoms in total. The predicted molar refractivity (Wildman–Crippen MR) is 122 cm³/mol. The van der Waals surface area contributed by atoms with Crippen molar-refractivity contribution in [3.8, 4) is 17.6 Å². The van der Waals surface area contributed by atoms with Crippen LogP contribution in [0.3, 0.4) is 0 Å². The molecular weight excluding hydrogens is 448 g/mol. The number of hydrogen-bond donors (Lipinski definition) is 1. The minimum absolute atomic E-state index is 0.0334. The number of benzene rings is 2. The molecule has 9 heteroatoms. The molecule has 1 N–H and O–H groups in total. The number of piperidine rings is 1. The number of thiophene rings is 1. The number of nitrogens with one attached hydrogen (secondary N) is 1. The maximum absolute atomic E-state index is 13.9. The van der Waals surface area contributed by atoms with Crippen LogP contribution in [0.5, 0.6) is 11.5 Å². The van der Waals surface area contributed by atoms with Crippen LogP contribution in [0.4, 0.5) is 20.2 Å². The molecule has 0 unspecified atom stereocenters. The first-order valence-corrected chi connectivity index (χ1v) is 11.2. The van der Waals surface area contributed by atoms with Crippen LogP contribution >= 0.6 is 11.3 Å². The highest BCUT2D eigenvalue weighted by Crippen LogP contribution is 2.33. The third-order valence-corrected chi connectivity index (χ3v) is 6.29. The van der Waals surface area contributed by atoms with Gasteiger partial charge in [-0.1, -0.05) is 0 Å². The number of nitriles is 1. The van der Waals surface area contributed by atoms with Crippen molar-refractivity contribution >= 4 is 28.6 Å². The number of rotatable bonds is 6. The van der Waals surface area contributed by atoms with Crippen molar-refractivity contribution in [2.24, 2.45) is 0 Å². The number of carbonyl (C=O) groups is 1. The summed E-state index contributed by atoms with van der Waals surface area (Å²) in [4.78, 5) is 15.4. The van der Waals surface area contributed by atoms with Gasteiger partial charge in [-0.25, -0.2) is 8.78 Å². The molecule has 1 aliphatic heterocycles. The zero-order valence-corrected chi connectivity index (χ0v) is 18.6. The first-order chi connectivity index (χ1) is 16.0. The Morgan fingerprint density at radius 3 is 2.64 bits per heavy atom. The summed E-state index contributed by atoms with van der Waals surface area (Å²) in [5.41, 5.74) is 1.74. The Morgan fingerprint density at radius 1 is 1.15 bits per heavy atom. The van der Waals surface area contributed by atoms with E-state index in [0.717, 1.165) is 11.8 Å². The average Bonchev–Trinajstić information content (AvgIpc) is 3.31. The van der Waals surface area contributed by atoms with Crippen LogP contribution in [-0.2, 0) is 0 Å². The van der Waals surface area contributed by atoms with Gasteiger partial charge < -0.3 is 19.7 Å². The molecule has 2 heterocycles. The van der Waals surface area contributed by atoms with Gasteiger partial charge in [0.05, 0.1) is 30.1 Å². The smallest absolute Gasteiger partial charge is 0.269 e. The highest BCUT2D eigenvalue weighted by Gasteiger charge is 2.25. The van der Waals surface area contributed by atoms with Crippen molar-refractivity contribution in [3.05, 3.63) is 69.9 Å². The Kier molecular flexibility index (Phi) is 6.75. The van der Waals surface area contributed by atoms with Crippen LogP contribution in [0.1, 0.15) is 28.1 Å². The van der Waals surface area contributed by atoms with E-state index in [9.17, 15) is 18.8 Å². The molecule has 0 aliphatic carbocycles. The summed E-state index contributed by atoms with van der Waals surface area (Å²) in [5.74, 6) is -1.17. The van der Waals surface area contributed by atoms with E-state index in [1.807, 2.05) is 0 Å². The summed E-state index contributed by atoms with van der Waals surface area (Å²) in [6.45, 7) is 1.20. The summed E-state index contributed by atoms with van der Waals surface area (Å²) in [7, 11) is 1.50. The highest BCUT2D eigenvalue weighted by atomic mass is 32.1. The molecule has 1 aromatic heterocycles. The maximum atomic E-state index is 13.9. The van der Waals surface area contributed by atoms with E-state index in [1.54, 1.807) is 29.6 Å². The summed E-state index contributed by atoms with van der Waals surface area (Å²) >= 11 is 1.27. The number of hydrogen-bond acceptors (Lipinski definition) is 6. The third-order valence-electron chi connectivity index (χ3n) is 5.40. The molecule has 0 atom stereocenters. The predicted octanol–water partition coefficient (Wildman–Crippen LogP) is 5.21. The molecule has 0 bridgehead atoms. The molecule has 1 fully saturated rings. The molecule has 0 spiro atoms. The number of amides is 1. The van der Waals surface area contributed by atoms with E-state index in [0.29, 0.717) is 47.8 Å². The highest BCUT2D eigenvalue weighted by molar-refractivity contribution is 7.12. The lowest BCUT2D eigenvalue weighted by molar-refractivity contribution is 0.102. The Balaban J connectivity index is 1.48. The maximum Gasteiger partial charge on any atom is 0.269 e. The molecule has 170 valence electrons.